The fourth-order valence-electron chi connectivity index (χ4n) is 3.76. The molecule has 0 radical (unpaired) electrons. The molecule has 0 fully saturated rings. The molecule has 0 aliphatic carbocycles. The molecule has 6 nitrogen and oxygen atoms in total. The average molecular weight is 423 g/mol. The molecular formula is C23H22N2O4S. The number of carbonyl (C=O) groups excluding carboxylic acids is 1. The third kappa shape index (κ3) is 3.52. The summed E-state index contributed by atoms with van der Waals surface area (Å²) in [5, 5.41) is 2.78. The molecule has 0 bridgehead atoms. The maximum Gasteiger partial charge on any atom is 0.264 e. The summed E-state index contributed by atoms with van der Waals surface area (Å²) in [5.41, 5.74) is 2.45. The van der Waals surface area contributed by atoms with Crippen LogP contribution in [0.5, 0.6) is 5.75 Å². The number of hydrogen-bond donors (Lipinski definition) is 1. The van der Waals surface area contributed by atoms with E-state index in [1.165, 1.54) is 23.5 Å². The van der Waals surface area contributed by atoms with Gasteiger partial charge in [0.15, 0.2) is 0 Å². The topological polar surface area (TPSA) is 75.7 Å². The highest BCUT2D eigenvalue weighted by molar-refractivity contribution is 7.92. The van der Waals surface area contributed by atoms with Crippen molar-refractivity contribution in [2.24, 2.45) is 0 Å². The van der Waals surface area contributed by atoms with E-state index in [2.05, 4.69) is 5.32 Å². The number of benzene rings is 3. The summed E-state index contributed by atoms with van der Waals surface area (Å²) >= 11 is 0. The van der Waals surface area contributed by atoms with Crippen LogP contribution in [0.4, 0.5) is 11.4 Å². The van der Waals surface area contributed by atoms with Gasteiger partial charge in [-0.1, -0.05) is 36.4 Å². The second kappa shape index (κ2) is 7.84. The molecule has 1 unspecified atom stereocenters. The fourth-order valence-corrected chi connectivity index (χ4v) is 5.50. The predicted octanol–water partition coefficient (Wildman–Crippen LogP) is 4.09. The Balaban J connectivity index is 1.65. The number of fused-ring (bicyclic) bond motifs is 1. The first-order valence-corrected chi connectivity index (χ1v) is 11.0. The van der Waals surface area contributed by atoms with Crippen molar-refractivity contribution >= 4 is 27.3 Å². The van der Waals surface area contributed by atoms with Crippen LogP contribution in [0.25, 0.3) is 0 Å². The van der Waals surface area contributed by atoms with Crippen molar-refractivity contribution in [1.29, 1.82) is 0 Å². The Morgan fingerprint density at radius 2 is 1.77 bits per heavy atom. The Hall–Kier alpha value is -3.32. The monoisotopic (exact) mass is 422 g/mol. The third-order valence-electron chi connectivity index (χ3n) is 5.15. The number of rotatable bonds is 5. The van der Waals surface area contributed by atoms with Crippen LogP contribution in [0.15, 0.2) is 77.7 Å². The highest BCUT2D eigenvalue weighted by Gasteiger charge is 2.36. The number of anilines is 2. The summed E-state index contributed by atoms with van der Waals surface area (Å²) in [6.07, 6.45) is 0.656. The van der Waals surface area contributed by atoms with Gasteiger partial charge in [-0.2, -0.15) is 0 Å². The first-order chi connectivity index (χ1) is 14.4. The van der Waals surface area contributed by atoms with Crippen LogP contribution in [0.3, 0.4) is 0 Å². The molecule has 0 aromatic heterocycles. The van der Waals surface area contributed by atoms with Crippen molar-refractivity contribution < 1.29 is 17.9 Å². The number of amides is 1. The second-order valence-electron chi connectivity index (χ2n) is 7.16. The van der Waals surface area contributed by atoms with Crippen molar-refractivity contribution in [3.63, 3.8) is 0 Å². The molecule has 1 amide bonds. The van der Waals surface area contributed by atoms with Crippen LogP contribution in [-0.2, 0) is 16.4 Å². The summed E-state index contributed by atoms with van der Waals surface area (Å²) in [7, 11) is -2.29. The number of nitrogens with one attached hydrogen (secondary N) is 1. The van der Waals surface area contributed by atoms with Gasteiger partial charge in [0, 0.05) is 11.6 Å². The van der Waals surface area contributed by atoms with Gasteiger partial charge in [0.05, 0.1) is 23.4 Å². The van der Waals surface area contributed by atoms with Crippen LogP contribution in [-0.4, -0.2) is 27.5 Å². The molecule has 3 aromatic rings. The molecule has 0 saturated carbocycles. The van der Waals surface area contributed by atoms with Gasteiger partial charge in [-0.15, -0.1) is 0 Å². The van der Waals surface area contributed by atoms with Gasteiger partial charge in [0.2, 0.25) is 0 Å². The van der Waals surface area contributed by atoms with Crippen LogP contribution in [0, 0.1) is 0 Å². The van der Waals surface area contributed by atoms with Gasteiger partial charge in [-0.3, -0.25) is 9.10 Å². The van der Waals surface area contributed by atoms with E-state index in [-0.39, 0.29) is 16.5 Å². The van der Waals surface area contributed by atoms with E-state index < -0.39 is 15.9 Å². The molecule has 3 aromatic carbocycles. The number of para-hydroxylation sites is 3. The average Bonchev–Trinajstić information content (AvgIpc) is 3.10. The predicted molar refractivity (Wildman–Crippen MR) is 117 cm³/mol. The van der Waals surface area contributed by atoms with E-state index in [1.54, 1.807) is 36.4 Å². The Kier molecular flexibility index (Phi) is 5.22. The minimum Gasteiger partial charge on any atom is -0.495 e. The molecule has 1 N–H and O–H groups in total. The van der Waals surface area contributed by atoms with Crippen molar-refractivity contribution in [1.82, 2.24) is 0 Å². The Labute approximate surface area is 176 Å². The van der Waals surface area contributed by atoms with E-state index in [0.29, 0.717) is 23.5 Å². The number of sulfonamides is 1. The standard InChI is InChI=1S/C23H22N2O4S/c1-16-14-17-8-3-5-12-21(17)25(16)30(27,28)19-10-7-9-18(15-19)23(26)24-20-11-4-6-13-22(20)29-2/h3-13,15-16H,14H2,1-2H3,(H,24,26). The lowest BCUT2D eigenvalue weighted by molar-refractivity contribution is 0.102. The zero-order valence-electron chi connectivity index (χ0n) is 16.7. The van der Waals surface area contributed by atoms with E-state index in [1.807, 2.05) is 31.2 Å². The fraction of sp³-hybridized carbons (Fsp3) is 0.174. The molecule has 1 atom stereocenters. The zero-order chi connectivity index (χ0) is 21.3. The zero-order valence-corrected chi connectivity index (χ0v) is 17.5. The lowest BCUT2D eigenvalue weighted by Gasteiger charge is -2.24. The van der Waals surface area contributed by atoms with Crippen LogP contribution < -0.4 is 14.4 Å². The summed E-state index contributed by atoms with van der Waals surface area (Å²) in [6.45, 7) is 1.88. The minimum absolute atomic E-state index is 0.0822. The lowest BCUT2D eigenvalue weighted by atomic mass is 10.1. The summed E-state index contributed by atoms with van der Waals surface area (Å²) < 4.78 is 33.5. The quantitative estimate of drug-likeness (QED) is 0.672. The number of carbonyl (C=O) groups is 1. The molecule has 7 heteroatoms. The van der Waals surface area contributed by atoms with Gasteiger partial charge < -0.3 is 10.1 Å². The molecule has 4 rings (SSSR count). The molecule has 30 heavy (non-hydrogen) atoms. The maximum absolute atomic E-state index is 13.4. The van der Waals surface area contributed by atoms with Crippen LogP contribution in [0.2, 0.25) is 0 Å². The summed E-state index contributed by atoms with van der Waals surface area (Å²) in [5.74, 6) is 0.114. The van der Waals surface area contributed by atoms with Gasteiger partial charge in [-0.05, 0) is 55.3 Å². The Morgan fingerprint density at radius 1 is 1.03 bits per heavy atom. The molecule has 1 aliphatic rings. The first kappa shape index (κ1) is 20.0. The molecule has 1 aliphatic heterocycles. The first-order valence-electron chi connectivity index (χ1n) is 9.58. The lowest BCUT2D eigenvalue weighted by Crippen LogP contribution is -2.35. The highest BCUT2D eigenvalue weighted by atomic mass is 32.2. The third-order valence-corrected chi connectivity index (χ3v) is 7.08. The van der Waals surface area contributed by atoms with E-state index in [9.17, 15) is 13.2 Å². The highest BCUT2D eigenvalue weighted by Crippen LogP contribution is 2.36. The number of nitrogens with zero attached hydrogens (tertiary/aromatic N) is 1. The normalized spacial score (nSPS) is 15.5. The summed E-state index contributed by atoms with van der Waals surface area (Å²) in [6, 6.07) is 20.4. The van der Waals surface area contributed by atoms with Gasteiger partial charge >= 0.3 is 0 Å². The maximum atomic E-state index is 13.4. The molecule has 154 valence electrons. The van der Waals surface area contributed by atoms with Gasteiger partial charge in [0.1, 0.15) is 5.75 Å². The van der Waals surface area contributed by atoms with Gasteiger partial charge in [-0.25, -0.2) is 8.42 Å². The minimum atomic E-state index is -3.81. The van der Waals surface area contributed by atoms with E-state index in [4.69, 9.17) is 4.74 Å². The van der Waals surface area contributed by atoms with Gasteiger partial charge in [0.25, 0.3) is 15.9 Å². The van der Waals surface area contributed by atoms with Crippen LogP contribution in [0.1, 0.15) is 22.8 Å². The second-order valence-corrected chi connectivity index (χ2v) is 8.98. The Bertz CT molecular complexity index is 1210. The molecule has 0 saturated heterocycles. The number of methoxy groups -OCH3 is 1. The van der Waals surface area contributed by atoms with Crippen molar-refractivity contribution in [2.75, 3.05) is 16.7 Å². The number of hydrogen-bond acceptors (Lipinski definition) is 4. The van der Waals surface area contributed by atoms with E-state index >= 15 is 0 Å². The summed E-state index contributed by atoms with van der Waals surface area (Å²) in [4.78, 5) is 12.9. The largest absolute Gasteiger partial charge is 0.495 e. The molecule has 1 heterocycles. The van der Waals surface area contributed by atoms with Crippen LogP contribution >= 0.6 is 0 Å². The SMILES string of the molecule is COc1ccccc1NC(=O)c1cccc(S(=O)(=O)N2c3ccccc3CC2C)c1. The van der Waals surface area contributed by atoms with Crippen molar-refractivity contribution in [2.45, 2.75) is 24.3 Å². The molecule has 0 spiro atoms. The molecular weight excluding hydrogens is 400 g/mol. The smallest absolute Gasteiger partial charge is 0.264 e. The number of ether oxygens (including phenoxy) is 1. The van der Waals surface area contributed by atoms with E-state index in [0.717, 1.165) is 5.56 Å². The van der Waals surface area contributed by atoms with Crippen molar-refractivity contribution in [3.05, 3.63) is 83.9 Å². The van der Waals surface area contributed by atoms with Crippen molar-refractivity contribution in [3.8, 4) is 5.75 Å². The Morgan fingerprint density at radius 3 is 2.57 bits per heavy atom.